The topological polar surface area (TPSA) is 108 Å². The summed E-state index contributed by atoms with van der Waals surface area (Å²) in [5.41, 5.74) is 33.3. The van der Waals surface area contributed by atoms with Gasteiger partial charge in [0.2, 0.25) is 0 Å². The molecule has 8 nitrogen and oxygen atoms in total. The third kappa shape index (κ3) is 11.6. The van der Waals surface area contributed by atoms with E-state index in [0.29, 0.717) is 5.52 Å². The van der Waals surface area contributed by atoms with E-state index in [4.69, 9.17) is 39.9 Å². The number of benzene rings is 4. The Morgan fingerprint density at radius 2 is 0.713 bits per heavy atom. The average Bonchev–Trinajstić information content (AvgIpc) is 1.61. The van der Waals surface area contributed by atoms with Crippen molar-refractivity contribution in [1.82, 2.24) is 39.9 Å². The molecule has 0 spiro atoms. The van der Waals surface area contributed by atoms with Crippen LogP contribution in [0.15, 0.2) is 164 Å². The molecule has 94 heavy (non-hydrogen) atoms. The van der Waals surface area contributed by atoms with Crippen molar-refractivity contribution < 1.29 is 33.0 Å². The maximum Gasteiger partial charge on any atom is 2.00 e. The fraction of sp³-hybridized carbons (Fsp3) is 0.190. The van der Waals surface area contributed by atoms with Gasteiger partial charge in [0.1, 0.15) is 0 Å². The van der Waals surface area contributed by atoms with Crippen LogP contribution in [0.3, 0.4) is 0 Å². The van der Waals surface area contributed by atoms with Gasteiger partial charge in [0.25, 0.3) is 0 Å². The first-order valence-corrected chi connectivity index (χ1v) is 32.9. The van der Waals surface area contributed by atoms with Crippen LogP contribution in [-0.4, -0.2) is 19.9 Å². The minimum absolute atomic E-state index is 0. The Bertz CT molecular complexity index is 5170. The van der Waals surface area contributed by atoms with Crippen LogP contribution in [0.25, 0.3) is 141 Å². The predicted molar refractivity (Wildman–Crippen MR) is 386 cm³/mol. The van der Waals surface area contributed by atoms with Gasteiger partial charge in [-0.25, -0.2) is 19.9 Å². The minimum atomic E-state index is 0. The van der Waals surface area contributed by atoms with E-state index in [9.17, 15) is 0 Å². The molecule has 0 unspecified atom stereocenters. The summed E-state index contributed by atoms with van der Waals surface area (Å²) in [6.07, 6.45) is 19.3. The fourth-order valence-corrected chi connectivity index (χ4v) is 14.3. The molecular formula is C84H72N8Ni2. The zero-order valence-corrected chi connectivity index (χ0v) is 56.3. The second kappa shape index (κ2) is 27.9. The van der Waals surface area contributed by atoms with Crippen molar-refractivity contribution in [2.45, 2.75) is 107 Å². The molecule has 0 fully saturated rings. The van der Waals surface area contributed by atoms with Crippen LogP contribution in [0, 0.1) is 11.8 Å². The van der Waals surface area contributed by atoms with Gasteiger partial charge >= 0.3 is 33.0 Å². The zero-order valence-electron chi connectivity index (χ0n) is 54.3. The molecule has 0 aliphatic carbocycles. The van der Waals surface area contributed by atoms with E-state index in [1.165, 1.54) is 44.5 Å². The van der Waals surface area contributed by atoms with Gasteiger partial charge in [-0.2, -0.15) is 0 Å². The second-order valence-electron chi connectivity index (χ2n) is 23.6. The largest absolute Gasteiger partial charge is 2.00 e. The number of allylic oxidation sites excluding steroid dienone is 5. The number of aromatic nitrogens is 8. The van der Waals surface area contributed by atoms with Crippen molar-refractivity contribution in [3.8, 4) is 56.3 Å². The Hall–Kier alpha value is -9.63. The van der Waals surface area contributed by atoms with Gasteiger partial charge < -0.3 is 19.9 Å². The Morgan fingerprint density at radius 1 is 0.340 bits per heavy atom. The smallest absolute Gasteiger partial charge is 0.657 e. The first-order valence-electron chi connectivity index (χ1n) is 32.9. The molecule has 0 radical (unpaired) electrons. The molecule has 10 aromatic rings. The molecule has 6 aromatic heterocycles. The number of hydrogen-bond donors (Lipinski definition) is 0. The Kier molecular flexibility index (Phi) is 19.1. The van der Waals surface area contributed by atoms with E-state index in [1.54, 1.807) is 0 Å². The quantitative estimate of drug-likeness (QED) is 0.0830. The van der Waals surface area contributed by atoms with Gasteiger partial charge in [-0.1, -0.05) is 247 Å². The molecule has 468 valence electrons. The van der Waals surface area contributed by atoms with Gasteiger partial charge in [-0.15, -0.1) is 44.1 Å². The Labute approximate surface area is 571 Å². The summed E-state index contributed by atoms with van der Waals surface area (Å²) in [5.74, 6) is 7.36. The van der Waals surface area contributed by atoms with Crippen molar-refractivity contribution in [3.05, 3.63) is 243 Å². The summed E-state index contributed by atoms with van der Waals surface area (Å²) in [6.45, 7) is 18.0. The summed E-state index contributed by atoms with van der Waals surface area (Å²) in [4.78, 5) is 44.7. The predicted octanol–water partition coefficient (Wildman–Crippen LogP) is 20.2. The van der Waals surface area contributed by atoms with Crippen molar-refractivity contribution >= 4 is 96.8 Å². The Morgan fingerprint density at radius 3 is 1.16 bits per heavy atom. The third-order valence-electron chi connectivity index (χ3n) is 18.5. The van der Waals surface area contributed by atoms with Crippen molar-refractivity contribution in [3.63, 3.8) is 0 Å². The second-order valence-corrected chi connectivity index (χ2v) is 23.6. The molecular weight excluding hydrogens is 1240 g/mol. The molecule has 14 rings (SSSR count). The molecule has 16 bridgehead atoms. The maximum atomic E-state index is 5.75. The first-order chi connectivity index (χ1) is 45.3. The van der Waals surface area contributed by atoms with Crippen LogP contribution in [0.4, 0.5) is 0 Å². The summed E-state index contributed by atoms with van der Waals surface area (Å²) in [6, 6.07) is 55.0. The molecule has 10 heteroatoms. The minimum Gasteiger partial charge on any atom is -0.657 e. The normalized spacial score (nSPS) is 12.6. The van der Waals surface area contributed by atoms with E-state index in [2.05, 4.69) is 231 Å². The fourth-order valence-electron chi connectivity index (χ4n) is 14.3. The summed E-state index contributed by atoms with van der Waals surface area (Å²) in [5, 5.41) is 0. The van der Waals surface area contributed by atoms with Crippen molar-refractivity contribution in [2.24, 2.45) is 0 Å². The van der Waals surface area contributed by atoms with Crippen LogP contribution in [0.5, 0.6) is 0 Å². The van der Waals surface area contributed by atoms with Crippen LogP contribution in [0.1, 0.15) is 160 Å². The molecule has 0 amide bonds. The Balaban J connectivity index is 0.00000424. The summed E-state index contributed by atoms with van der Waals surface area (Å²) < 4.78 is 0. The standard InChI is InChI=1S/C84H72N8.2Ni/c1-9-56-58(11-3)73-49-75-60(13-5)62(15-7)83(90-75)64(84-63(16-8)61(14-6)76(91-84)50-74-59(12-4)57(10-2)72(89-74)48-71(56)88-73)40-30-29-39-55-47-77-80(53-35-25-19-26-36-53)69-44-43-67(86-69)78(51-31-21-17-22-32-51)65-41-42-66(85-65)79(52-33-23-18-24-34-52)68-45-46-70(87-68)81(82(55)92-77)54-37-27-20-28-38-54;;/h17-28,30-38,40-50H,9-16H2,1-8H3;;/q-4;2*+2/b40-30+,71-48?,72-48?,73-49?,74-50?,75-49?,76-50?,78-65?,78-67?,79-66?,79-68?,80-69?,80-77?,81-70?,82-81?,83-64?,84-64?;;. The van der Waals surface area contributed by atoms with Crippen molar-refractivity contribution in [1.29, 1.82) is 0 Å². The monoisotopic (exact) mass is 1310 g/mol. The number of hydrogen-bond acceptors (Lipinski definition) is 4. The summed E-state index contributed by atoms with van der Waals surface area (Å²) >= 11 is 0. The average molecular weight is 1310 g/mol. The number of rotatable bonds is 13. The van der Waals surface area contributed by atoms with E-state index in [-0.39, 0.29) is 33.0 Å². The first kappa shape index (κ1) is 64.5. The molecule has 4 aromatic carbocycles. The summed E-state index contributed by atoms with van der Waals surface area (Å²) in [7, 11) is 0. The van der Waals surface area contributed by atoms with Gasteiger partial charge in [0.15, 0.2) is 0 Å². The molecule has 0 N–H and O–H groups in total. The van der Waals surface area contributed by atoms with Crippen molar-refractivity contribution in [2.75, 3.05) is 0 Å². The third-order valence-corrected chi connectivity index (χ3v) is 18.5. The molecule has 0 saturated heterocycles. The molecule has 0 saturated carbocycles. The van der Waals surface area contributed by atoms with Gasteiger partial charge in [-0.05, 0) is 160 Å². The van der Waals surface area contributed by atoms with E-state index < -0.39 is 0 Å². The number of fused-ring (bicyclic) bond motifs is 16. The van der Waals surface area contributed by atoms with E-state index >= 15 is 0 Å². The number of aryl methyl sites for hydroxylation is 4. The molecule has 4 aliphatic rings. The van der Waals surface area contributed by atoms with Crippen LogP contribution < -0.4 is 19.9 Å². The molecule has 10 heterocycles. The van der Waals surface area contributed by atoms with Crippen LogP contribution in [0.2, 0.25) is 0 Å². The SMILES string of the molecule is CCC1=C(CC)c2cc3[n-]c(c(/C=C/C#Cc4cc5[n-]c4c(-c4ccccc4)c4nc(c(-c6ccccc6)c6ccc([n-]6)c(-c6ccccc6)c6nc(c5-c5ccccc5)C=C6)C=C4)c4nc(cc5[n-]c(cc1n2)c(CC)c5CC)C(CC)=C4CC)c(CC)c3CC.[Ni+2].[Ni+2]. The maximum absolute atomic E-state index is 5.75. The van der Waals surface area contributed by atoms with Gasteiger partial charge in [0, 0.05) is 5.56 Å². The van der Waals surface area contributed by atoms with E-state index in [1.807, 2.05) is 30.3 Å². The van der Waals surface area contributed by atoms with Gasteiger partial charge in [0.05, 0.1) is 45.6 Å². The molecule has 0 atom stereocenters. The number of nitrogens with zero attached hydrogens (tertiary/aromatic N) is 8. The van der Waals surface area contributed by atoms with Gasteiger partial charge in [-0.3, -0.25) is 0 Å². The van der Waals surface area contributed by atoms with Crippen LogP contribution in [-0.2, 0) is 58.7 Å². The van der Waals surface area contributed by atoms with Crippen LogP contribution >= 0.6 is 0 Å². The van der Waals surface area contributed by atoms with E-state index in [0.717, 1.165) is 191 Å². The molecule has 4 aliphatic heterocycles. The zero-order chi connectivity index (χ0) is 63.0.